The standard InChI is InChI=1S/C14H19N3O3/c1-13(16-10-19)5-3-6-14(2,17-11-20)8-12(4-7-13)15-9-18/h12H,3-8H2,1-2H3. The van der Waals surface area contributed by atoms with Gasteiger partial charge in [-0.15, -0.1) is 0 Å². The molecule has 3 atom stereocenters. The number of hydrogen-bond donors (Lipinski definition) is 0. The second kappa shape index (κ2) is 7.06. The Bertz CT molecular complexity index is 488. The van der Waals surface area contributed by atoms with Gasteiger partial charge >= 0.3 is 0 Å². The van der Waals surface area contributed by atoms with Crippen molar-refractivity contribution in [3.8, 4) is 0 Å². The highest BCUT2D eigenvalue weighted by atomic mass is 16.1. The van der Waals surface area contributed by atoms with E-state index in [9.17, 15) is 14.4 Å². The summed E-state index contributed by atoms with van der Waals surface area (Å²) >= 11 is 0. The zero-order valence-corrected chi connectivity index (χ0v) is 11.9. The molecule has 1 aliphatic carbocycles. The van der Waals surface area contributed by atoms with Crippen LogP contribution in [0.1, 0.15) is 52.4 Å². The zero-order valence-electron chi connectivity index (χ0n) is 11.9. The average molecular weight is 277 g/mol. The Morgan fingerprint density at radius 3 is 2.10 bits per heavy atom. The molecule has 0 radical (unpaired) electrons. The van der Waals surface area contributed by atoms with Crippen molar-refractivity contribution in [3.63, 3.8) is 0 Å². The third-order valence-corrected chi connectivity index (χ3v) is 3.99. The van der Waals surface area contributed by atoms with Crippen molar-refractivity contribution in [1.29, 1.82) is 0 Å². The molecule has 6 heteroatoms. The Kier molecular flexibility index (Phi) is 5.72. The number of rotatable bonds is 3. The van der Waals surface area contributed by atoms with E-state index in [1.54, 1.807) is 18.2 Å². The van der Waals surface area contributed by atoms with Gasteiger partial charge < -0.3 is 0 Å². The molecule has 0 bridgehead atoms. The van der Waals surface area contributed by atoms with Crippen molar-refractivity contribution in [2.45, 2.75) is 69.5 Å². The fraction of sp³-hybridized carbons (Fsp3) is 0.786. The molecule has 0 aromatic heterocycles. The van der Waals surface area contributed by atoms with Gasteiger partial charge in [0.2, 0.25) is 18.2 Å². The first-order valence-corrected chi connectivity index (χ1v) is 6.72. The van der Waals surface area contributed by atoms with Crippen molar-refractivity contribution < 1.29 is 14.4 Å². The van der Waals surface area contributed by atoms with Gasteiger partial charge in [-0.3, -0.25) is 0 Å². The molecule has 1 fully saturated rings. The molecule has 0 heterocycles. The summed E-state index contributed by atoms with van der Waals surface area (Å²) < 4.78 is 0. The van der Waals surface area contributed by atoms with E-state index in [0.29, 0.717) is 32.1 Å². The average Bonchev–Trinajstić information content (AvgIpc) is 2.41. The van der Waals surface area contributed by atoms with E-state index in [-0.39, 0.29) is 6.04 Å². The van der Waals surface area contributed by atoms with E-state index in [4.69, 9.17) is 0 Å². The van der Waals surface area contributed by atoms with Gasteiger partial charge in [0, 0.05) is 0 Å². The number of nitrogens with zero attached hydrogens (tertiary/aromatic N) is 3. The molecule has 0 aromatic carbocycles. The predicted molar refractivity (Wildman–Crippen MR) is 72.7 cm³/mol. The van der Waals surface area contributed by atoms with Crippen LogP contribution in [0.3, 0.4) is 0 Å². The largest absolute Gasteiger partial charge is 0.235 e. The van der Waals surface area contributed by atoms with Crippen LogP contribution in [-0.4, -0.2) is 35.4 Å². The van der Waals surface area contributed by atoms with Crippen LogP contribution in [0.2, 0.25) is 0 Å². The van der Waals surface area contributed by atoms with E-state index in [1.807, 2.05) is 13.8 Å². The van der Waals surface area contributed by atoms with Gasteiger partial charge in [0.1, 0.15) is 0 Å². The summed E-state index contributed by atoms with van der Waals surface area (Å²) in [5, 5.41) is 0. The number of aliphatic imine (C=N–C) groups is 3. The Morgan fingerprint density at radius 2 is 1.50 bits per heavy atom. The van der Waals surface area contributed by atoms with Crippen molar-refractivity contribution in [2.75, 3.05) is 0 Å². The van der Waals surface area contributed by atoms with E-state index in [2.05, 4.69) is 15.0 Å². The summed E-state index contributed by atoms with van der Waals surface area (Å²) in [6.45, 7) is 3.75. The highest BCUT2D eigenvalue weighted by Crippen LogP contribution is 2.34. The second-order valence-corrected chi connectivity index (χ2v) is 5.87. The summed E-state index contributed by atoms with van der Waals surface area (Å²) in [6, 6.07) is -0.270. The van der Waals surface area contributed by atoms with Crippen LogP contribution in [0.15, 0.2) is 15.0 Å². The van der Waals surface area contributed by atoms with Crippen LogP contribution >= 0.6 is 0 Å². The van der Waals surface area contributed by atoms with Gasteiger partial charge in [0.15, 0.2) is 0 Å². The van der Waals surface area contributed by atoms with E-state index < -0.39 is 11.1 Å². The molecule has 6 nitrogen and oxygen atoms in total. The summed E-state index contributed by atoms with van der Waals surface area (Å²) in [6.07, 6.45) is 8.69. The summed E-state index contributed by atoms with van der Waals surface area (Å²) in [5.41, 5.74) is -1.07. The minimum absolute atomic E-state index is 0.270. The molecular weight excluding hydrogens is 258 g/mol. The fourth-order valence-corrected chi connectivity index (χ4v) is 2.78. The van der Waals surface area contributed by atoms with Crippen LogP contribution in [0.4, 0.5) is 0 Å². The van der Waals surface area contributed by atoms with E-state index >= 15 is 0 Å². The van der Waals surface area contributed by atoms with Gasteiger partial charge in [-0.1, -0.05) is 0 Å². The molecule has 3 unspecified atom stereocenters. The van der Waals surface area contributed by atoms with Gasteiger partial charge in [-0.05, 0) is 52.4 Å². The molecule has 1 aliphatic rings. The Hall–Kier alpha value is -1.86. The molecule has 0 N–H and O–H groups in total. The Morgan fingerprint density at radius 1 is 0.900 bits per heavy atom. The third kappa shape index (κ3) is 4.67. The molecule has 1 saturated carbocycles. The second-order valence-electron chi connectivity index (χ2n) is 5.87. The first-order valence-electron chi connectivity index (χ1n) is 6.72. The summed E-state index contributed by atoms with van der Waals surface area (Å²) in [7, 11) is 0. The van der Waals surface area contributed by atoms with Crippen molar-refractivity contribution >= 4 is 18.2 Å². The van der Waals surface area contributed by atoms with Crippen LogP contribution in [0.25, 0.3) is 0 Å². The van der Waals surface area contributed by atoms with E-state index in [1.165, 1.54) is 0 Å². The lowest BCUT2D eigenvalue weighted by Crippen LogP contribution is -2.27. The van der Waals surface area contributed by atoms with Crippen LogP contribution in [0.5, 0.6) is 0 Å². The number of carbonyl (C=O) groups excluding carboxylic acids is 3. The lowest BCUT2D eigenvalue weighted by atomic mass is 9.88. The maximum Gasteiger partial charge on any atom is 0.235 e. The van der Waals surface area contributed by atoms with Crippen LogP contribution in [0, 0.1) is 0 Å². The van der Waals surface area contributed by atoms with E-state index in [0.717, 1.165) is 6.42 Å². The number of hydrogen-bond acceptors (Lipinski definition) is 6. The fourth-order valence-electron chi connectivity index (χ4n) is 2.78. The van der Waals surface area contributed by atoms with Crippen LogP contribution in [-0.2, 0) is 14.4 Å². The molecule has 1 rings (SSSR count). The Balaban J connectivity index is 3.02. The minimum Gasteiger partial charge on any atom is -0.211 e. The topological polar surface area (TPSA) is 88.3 Å². The maximum absolute atomic E-state index is 10.6. The molecule has 0 amide bonds. The normalized spacial score (nSPS) is 34.2. The van der Waals surface area contributed by atoms with Crippen molar-refractivity contribution in [3.05, 3.63) is 0 Å². The lowest BCUT2D eigenvalue weighted by molar-refractivity contribution is 0.357. The summed E-state index contributed by atoms with van der Waals surface area (Å²) in [4.78, 5) is 43.2. The number of isocyanates is 3. The molecule has 0 spiro atoms. The SMILES string of the molecule is CC1(N=C=O)CCCC(C)(N=C=O)CC(N=C=O)CC1. The summed E-state index contributed by atoms with van der Waals surface area (Å²) in [5.74, 6) is 0. The van der Waals surface area contributed by atoms with Crippen molar-refractivity contribution in [1.82, 2.24) is 0 Å². The Labute approximate surface area is 118 Å². The minimum atomic E-state index is -0.580. The molecule has 0 aliphatic heterocycles. The quantitative estimate of drug-likeness (QED) is 0.585. The predicted octanol–water partition coefficient (Wildman–Crippen LogP) is 2.23. The lowest BCUT2D eigenvalue weighted by Gasteiger charge is -2.25. The first kappa shape index (κ1) is 16.2. The van der Waals surface area contributed by atoms with Gasteiger partial charge in [0.25, 0.3) is 0 Å². The highest BCUT2D eigenvalue weighted by molar-refractivity contribution is 5.36. The van der Waals surface area contributed by atoms with Gasteiger partial charge in [-0.25, -0.2) is 19.4 Å². The molecule has 0 aromatic rings. The van der Waals surface area contributed by atoms with Gasteiger partial charge in [-0.2, -0.15) is 9.98 Å². The smallest absolute Gasteiger partial charge is 0.211 e. The zero-order chi connectivity index (χ0) is 15.1. The van der Waals surface area contributed by atoms with Crippen molar-refractivity contribution in [2.24, 2.45) is 15.0 Å². The molecule has 108 valence electrons. The monoisotopic (exact) mass is 277 g/mol. The van der Waals surface area contributed by atoms with Gasteiger partial charge in [0.05, 0.1) is 17.1 Å². The maximum atomic E-state index is 10.6. The first-order chi connectivity index (χ1) is 9.47. The third-order valence-electron chi connectivity index (χ3n) is 3.99. The molecular formula is C14H19N3O3. The van der Waals surface area contributed by atoms with Crippen LogP contribution < -0.4 is 0 Å². The molecule has 0 saturated heterocycles. The highest BCUT2D eigenvalue weighted by Gasteiger charge is 2.33. The molecule has 20 heavy (non-hydrogen) atoms.